The zero-order valence-electron chi connectivity index (χ0n) is 13.1. The number of fused-ring (bicyclic) bond motifs is 1. The smallest absolute Gasteiger partial charge is 0.260 e. The summed E-state index contributed by atoms with van der Waals surface area (Å²) in [6.07, 6.45) is 1.63. The molecule has 4 rings (SSSR count). The van der Waals surface area contributed by atoms with Crippen molar-refractivity contribution in [3.05, 3.63) is 75.0 Å². The number of halogens is 1. The summed E-state index contributed by atoms with van der Waals surface area (Å²) in [6, 6.07) is 11.2. The Balaban J connectivity index is 1.62. The van der Waals surface area contributed by atoms with Crippen LogP contribution in [0.4, 0.5) is 0 Å². The highest BCUT2D eigenvalue weighted by atomic mass is 35.5. The first-order valence-electron chi connectivity index (χ1n) is 7.70. The number of hydrogen-bond donors (Lipinski definition) is 2. The van der Waals surface area contributed by atoms with Gasteiger partial charge in [-0.3, -0.25) is 4.79 Å². The zero-order chi connectivity index (χ0) is 17.2. The molecular formula is C18H14ClN3O2S. The maximum absolute atomic E-state index is 12.6. The van der Waals surface area contributed by atoms with Crippen LogP contribution in [-0.2, 0) is 13.1 Å². The lowest BCUT2D eigenvalue weighted by Crippen LogP contribution is -2.18. The molecule has 3 heterocycles. The summed E-state index contributed by atoms with van der Waals surface area (Å²) in [4.78, 5) is 20.7. The summed E-state index contributed by atoms with van der Waals surface area (Å²) >= 11 is 7.52. The third-order valence-electron chi connectivity index (χ3n) is 3.80. The Morgan fingerprint density at radius 2 is 2.16 bits per heavy atom. The van der Waals surface area contributed by atoms with Crippen molar-refractivity contribution >= 4 is 33.2 Å². The maximum atomic E-state index is 12.6. The van der Waals surface area contributed by atoms with E-state index in [0.717, 1.165) is 16.9 Å². The SMILES string of the molecule is O=c1[nH]c(CNCc2ccco2)nc2scc(-c3cccc(Cl)c3)c12. The summed E-state index contributed by atoms with van der Waals surface area (Å²) in [5, 5.41) is 6.38. The minimum absolute atomic E-state index is 0.143. The fourth-order valence-electron chi connectivity index (χ4n) is 2.66. The monoisotopic (exact) mass is 371 g/mol. The Labute approximate surface area is 152 Å². The second kappa shape index (κ2) is 6.84. The summed E-state index contributed by atoms with van der Waals surface area (Å²) in [5.74, 6) is 1.44. The van der Waals surface area contributed by atoms with Gasteiger partial charge in [-0.2, -0.15) is 0 Å². The van der Waals surface area contributed by atoms with Crippen LogP contribution in [0.3, 0.4) is 0 Å². The molecule has 0 aliphatic rings. The van der Waals surface area contributed by atoms with Crippen LogP contribution in [0.1, 0.15) is 11.6 Å². The molecule has 126 valence electrons. The fraction of sp³-hybridized carbons (Fsp3) is 0.111. The first kappa shape index (κ1) is 16.1. The Hall–Kier alpha value is -2.41. The average Bonchev–Trinajstić information content (AvgIpc) is 3.24. The Morgan fingerprint density at radius 3 is 2.96 bits per heavy atom. The molecule has 0 bridgehead atoms. The van der Waals surface area contributed by atoms with Crippen LogP contribution >= 0.6 is 22.9 Å². The number of aromatic amines is 1. The molecule has 0 unspecified atom stereocenters. The lowest BCUT2D eigenvalue weighted by Gasteiger charge is -2.04. The molecule has 0 radical (unpaired) electrons. The molecular weight excluding hydrogens is 358 g/mol. The van der Waals surface area contributed by atoms with Gasteiger partial charge in [-0.15, -0.1) is 11.3 Å². The molecule has 0 aliphatic carbocycles. The molecule has 0 amide bonds. The quantitative estimate of drug-likeness (QED) is 0.552. The van der Waals surface area contributed by atoms with Gasteiger partial charge < -0.3 is 14.7 Å². The molecule has 25 heavy (non-hydrogen) atoms. The van der Waals surface area contributed by atoms with Gasteiger partial charge in [0.15, 0.2) is 0 Å². The Kier molecular flexibility index (Phi) is 4.40. The number of furan rings is 1. The summed E-state index contributed by atoms with van der Waals surface area (Å²) < 4.78 is 5.26. The third kappa shape index (κ3) is 3.37. The summed E-state index contributed by atoms with van der Waals surface area (Å²) in [7, 11) is 0. The van der Waals surface area contributed by atoms with Gasteiger partial charge in [-0.05, 0) is 29.8 Å². The second-order valence-corrected chi connectivity index (χ2v) is 6.83. The minimum atomic E-state index is -0.143. The van der Waals surface area contributed by atoms with E-state index in [1.165, 1.54) is 11.3 Å². The van der Waals surface area contributed by atoms with E-state index in [1.807, 2.05) is 41.8 Å². The van der Waals surface area contributed by atoms with Crippen molar-refractivity contribution in [2.75, 3.05) is 0 Å². The molecule has 4 aromatic rings. The van der Waals surface area contributed by atoms with Crippen LogP contribution in [0.2, 0.25) is 5.02 Å². The number of thiophene rings is 1. The van der Waals surface area contributed by atoms with Crippen molar-refractivity contribution < 1.29 is 4.42 Å². The van der Waals surface area contributed by atoms with Crippen LogP contribution in [0.15, 0.2) is 57.3 Å². The topological polar surface area (TPSA) is 70.9 Å². The largest absolute Gasteiger partial charge is 0.468 e. The van der Waals surface area contributed by atoms with Crippen LogP contribution in [-0.4, -0.2) is 9.97 Å². The summed E-state index contributed by atoms with van der Waals surface area (Å²) in [6.45, 7) is 1.03. The molecule has 0 aliphatic heterocycles. The molecule has 5 nitrogen and oxygen atoms in total. The maximum Gasteiger partial charge on any atom is 0.260 e. The predicted molar refractivity (Wildman–Crippen MR) is 99.9 cm³/mol. The van der Waals surface area contributed by atoms with Gasteiger partial charge in [0, 0.05) is 16.0 Å². The van der Waals surface area contributed by atoms with E-state index in [2.05, 4.69) is 15.3 Å². The van der Waals surface area contributed by atoms with Gasteiger partial charge >= 0.3 is 0 Å². The van der Waals surface area contributed by atoms with Crippen molar-refractivity contribution in [2.45, 2.75) is 13.1 Å². The van der Waals surface area contributed by atoms with Gasteiger partial charge in [0.05, 0.1) is 24.7 Å². The minimum Gasteiger partial charge on any atom is -0.468 e. The number of nitrogens with one attached hydrogen (secondary N) is 2. The van der Waals surface area contributed by atoms with Crippen molar-refractivity contribution in [2.24, 2.45) is 0 Å². The van der Waals surface area contributed by atoms with Crippen molar-refractivity contribution in [1.29, 1.82) is 0 Å². The number of benzene rings is 1. The highest BCUT2D eigenvalue weighted by Crippen LogP contribution is 2.31. The fourth-order valence-corrected chi connectivity index (χ4v) is 3.82. The Morgan fingerprint density at radius 1 is 1.24 bits per heavy atom. The molecule has 0 fully saturated rings. The molecule has 0 saturated carbocycles. The van der Waals surface area contributed by atoms with Gasteiger partial charge in [0.1, 0.15) is 16.4 Å². The molecule has 3 aromatic heterocycles. The predicted octanol–water partition coefficient (Wildman–Crippen LogP) is 4.19. The number of rotatable bonds is 5. The van der Waals surface area contributed by atoms with Crippen LogP contribution in [0.5, 0.6) is 0 Å². The van der Waals surface area contributed by atoms with Crippen LogP contribution in [0.25, 0.3) is 21.3 Å². The van der Waals surface area contributed by atoms with Crippen molar-refractivity contribution in [1.82, 2.24) is 15.3 Å². The Bertz CT molecular complexity index is 1070. The van der Waals surface area contributed by atoms with E-state index in [-0.39, 0.29) is 5.56 Å². The van der Waals surface area contributed by atoms with E-state index in [1.54, 1.807) is 6.26 Å². The zero-order valence-corrected chi connectivity index (χ0v) is 14.7. The first-order valence-corrected chi connectivity index (χ1v) is 8.96. The van der Waals surface area contributed by atoms with Gasteiger partial charge in [-0.1, -0.05) is 23.7 Å². The molecule has 0 saturated heterocycles. The lowest BCUT2D eigenvalue weighted by atomic mass is 10.1. The van der Waals surface area contributed by atoms with E-state index >= 15 is 0 Å². The molecule has 0 spiro atoms. The third-order valence-corrected chi connectivity index (χ3v) is 4.91. The molecule has 2 N–H and O–H groups in total. The number of hydrogen-bond acceptors (Lipinski definition) is 5. The average molecular weight is 372 g/mol. The summed E-state index contributed by atoms with van der Waals surface area (Å²) in [5.41, 5.74) is 1.62. The highest BCUT2D eigenvalue weighted by molar-refractivity contribution is 7.17. The van der Waals surface area contributed by atoms with Crippen LogP contribution < -0.4 is 10.9 Å². The van der Waals surface area contributed by atoms with E-state index < -0.39 is 0 Å². The van der Waals surface area contributed by atoms with E-state index in [0.29, 0.717) is 34.2 Å². The standard InChI is InChI=1S/C18H14ClN3O2S/c19-12-4-1-3-11(7-12)14-10-25-18-16(14)17(23)21-15(22-18)9-20-8-13-5-2-6-24-13/h1-7,10,20H,8-9H2,(H,21,22,23). The van der Waals surface area contributed by atoms with Crippen molar-refractivity contribution in [3.63, 3.8) is 0 Å². The van der Waals surface area contributed by atoms with E-state index in [9.17, 15) is 4.79 Å². The molecule has 1 aromatic carbocycles. The number of H-pyrrole nitrogens is 1. The molecule has 0 atom stereocenters. The number of nitrogens with zero attached hydrogens (tertiary/aromatic N) is 1. The van der Waals surface area contributed by atoms with Gasteiger partial charge in [0.2, 0.25) is 0 Å². The lowest BCUT2D eigenvalue weighted by molar-refractivity contribution is 0.480. The first-order chi connectivity index (χ1) is 12.2. The van der Waals surface area contributed by atoms with Crippen molar-refractivity contribution in [3.8, 4) is 11.1 Å². The normalized spacial score (nSPS) is 11.2. The van der Waals surface area contributed by atoms with Gasteiger partial charge in [0.25, 0.3) is 5.56 Å². The van der Waals surface area contributed by atoms with Gasteiger partial charge in [-0.25, -0.2) is 4.98 Å². The second-order valence-electron chi connectivity index (χ2n) is 5.54. The van der Waals surface area contributed by atoms with Crippen LogP contribution in [0, 0.1) is 0 Å². The number of aromatic nitrogens is 2. The highest BCUT2D eigenvalue weighted by Gasteiger charge is 2.13. The molecule has 7 heteroatoms. The van der Waals surface area contributed by atoms with E-state index in [4.69, 9.17) is 16.0 Å².